The lowest BCUT2D eigenvalue weighted by Gasteiger charge is -2.33. The van der Waals surface area contributed by atoms with Gasteiger partial charge in [-0.3, -0.25) is 9.69 Å². The van der Waals surface area contributed by atoms with Crippen LogP contribution in [-0.4, -0.2) is 60.1 Å². The highest BCUT2D eigenvalue weighted by Gasteiger charge is 2.30. The normalized spacial score (nSPS) is 25.9. The Balaban J connectivity index is 1.75. The van der Waals surface area contributed by atoms with Gasteiger partial charge < -0.3 is 10.0 Å². The summed E-state index contributed by atoms with van der Waals surface area (Å²) in [7, 11) is 1.93. The molecule has 0 aromatic rings. The number of likely N-dealkylation sites (N-methyl/N-ethyl adjacent to an activating group) is 1. The quantitative estimate of drug-likeness (QED) is 0.769. The first-order valence-electron chi connectivity index (χ1n) is 6.79. The van der Waals surface area contributed by atoms with E-state index < -0.39 is 0 Å². The molecule has 0 bridgehead atoms. The van der Waals surface area contributed by atoms with Crippen molar-refractivity contribution >= 4 is 5.91 Å². The molecule has 1 amide bonds. The van der Waals surface area contributed by atoms with E-state index in [1.165, 1.54) is 19.3 Å². The zero-order chi connectivity index (χ0) is 12.3. The monoisotopic (exact) mass is 240 g/mol. The second kappa shape index (κ2) is 5.83. The van der Waals surface area contributed by atoms with E-state index in [9.17, 15) is 4.79 Å². The van der Waals surface area contributed by atoms with Crippen LogP contribution in [-0.2, 0) is 4.79 Å². The zero-order valence-corrected chi connectivity index (χ0v) is 10.8. The number of amides is 1. The average molecular weight is 240 g/mol. The Bertz CT molecular complexity index is 264. The van der Waals surface area contributed by atoms with Gasteiger partial charge in [0.25, 0.3) is 0 Å². The van der Waals surface area contributed by atoms with Gasteiger partial charge in [-0.05, 0) is 44.6 Å². The Hall–Kier alpha value is -0.610. The second-order valence-corrected chi connectivity index (χ2v) is 5.49. The Morgan fingerprint density at radius 2 is 2.18 bits per heavy atom. The summed E-state index contributed by atoms with van der Waals surface area (Å²) in [5, 5.41) is 8.96. The number of piperidine rings is 1. The first kappa shape index (κ1) is 12.8. The summed E-state index contributed by atoms with van der Waals surface area (Å²) < 4.78 is 0. The fraction of sp³-hybridized carbons (Fsp3) is 0.923. The van der Waals surface area contributed by atoms with E-state index in [-0.39, 0.29) is 12.5 Å². The van der Waals surface area contributed by atoms with Gasteiger partial charge >= 0.3 is 0 Å². The van der Waals surface area contributed by atoms with Crippen LogP contribution in [0.1, 0.15) is 32.1 Å². The van der Waals surface area contributed by atoms with Crippen molar-refractivity contribution in [3.63, 3.8) is 0 Å². The van der Waals surface area contributed by atoms with Crippen molar-refractivity contribution in [2.45, 2.75) is 38.1 Å². The third-order valence-corrected chi connectivity index (χ3v) is 3.99. The van der Waals surface area contributed by atoms with Gasteiger partial charge in [0.05, 0.1) is 6.54 Å². The van der Waals surface area contributed by atoms with Crippen molar-refractivity contribution < 1.29 is 9.90 Å². The van der Waals surface area contributed by atoms with Crippen molar-refractivity contribution in [2.75, 3.05) is 33.3 Å². The summed E-state index contributed by atoms with van der Waals surface area (Å²) in [6.07, 6.45) is 5.59. The third-order valence-electron chi connectivity index (χ3n) is 3.99. The number of carbonyl (C=O) groups excluding carboxylic acids is 1. The van der Waals surface area contributed by atoms with Crippen molar-refractivity contribution in [3.8, 4) is 0 Å². The predicted octanol–water partition coefficient (Wildman–Crippen LogP) is 0.702. The predicted molar refractivity (Wildman–Crippen MR) is 66.7 cm³/mol. The molecule has 4 heteroatoms. The maximum Gasteiger partial charge on any atom is 0.236 e. The van der Waals surface area contributed by atoms with Gasteiger partial charge in [0, 0.05) is 26.2 Å². The summed E-state index contributed by atoms with van der Waals surface area (Å²) >= 11 is 0. The largest absolute Gasteiger partial charge is 0.396 e. The maximum absolute atomic E-state index is 12.0. The topological polar surface area (TPSA) is 43.8 Å². The van der Waals surface area contributed by atoms with Crippen molar-refractivity contribution in [3.05, 3.63) is 0 Å². The molecule has 1 saturated carbocycles. The van der Waals surface area contributed by atoms with Crippen LogP contribution < -0.4 is 0 Å². The van der Waals surface area contributed by atoms with Gasteiger partial charge in [-0.15, -0.1) is 0 Å². The maximum atomic E-state index is 12.0. The van der Waals surface area contributed by atoms with Crippen molar-refractivity contribution in [1.29, 1.82) is 0 Å². The minimum absolute atomic E-state index is 0.261. The van der Waals surface area contributed by atoms with Crippen LogP contribution in [0.4, 0.5) is 0 Å². The minimum atomic E-state index is 0.261. The Kier molecular flexibility index (Phi) is 4.40. The van der Waals surface area contributed by atoms with Crippen LogP contribution in [0.2, 0.25) is 0 Å². The molecule has 0 radical (unpaired) electrons. The number of aliphatic hydroxyl groups is 1. The molecule has 2 fully saturated rings. The summed E-state index contributed by atoms with van der Waals surface area (Å²) in [4.78, 5) is 16.2. The first-order valence-corrected chi connectivity index (χ1v) is 6.79. The van der Waals surface area contributed by atoms with Crippen molar-refractivity contribution in [2.24, 2.45) is 5.92 Å². The van der Waals surface area contributed by atoms with Gasteiger partial charge in [-0.1, -0.05) is 0 Å². The van der Waals surface area contributed by atoms with E-state index in [0.717, 1.165) is 25.9 Å². The van der Waals surface area contributed by atoms with Gasteiger partial charge in [0.2, 0.25) is 5.91 Å². The van der Waals surface area contributed by atoms with Crippen LogP contribution in [0.25, 0.3) is 0 Å². The second-order valence-electron chi connectivity index (χ2n) is 5.49. The smallest absolute Gasteiger partial charge is 0.236 e. The Morgan fingerprint density at radius 3 is 2.82 bits per heavy atom. The lowest BCUT2D eigenvalue weighted by molar-refractivity contribution is -0.132. The SMILES string of the molecule is CN(C(=O)CN1CCCC(CCO)C1)C1CC1. The highest BCUT2D eigenvalue weighted by Crippen LogP contribution is 2.26. The summed E-state index contributed by atoms with van der Waals surface area (Å²) in [6, 6.07) is 0.514. The molecule has 0 aromatic carbocycles. The molecule has 1 atom stereocenters. The molecule has 1 unspecified atom stereocenters. The van der Waals surface area contributed by atoms with Crippen LogP contribution in [0, 0.1) is 5.92 Å². The Morgan fingerprint density at radius 1 is 1.41 bits per heavy atom. The van der Waals surface area contributed by atoms with Gasteiger partial charge in [0.15, 0.2) is 0 Å². The van der Waals surface area contributed by atoms with Gasteiger partial charge in [-0.25, -0.2) is 0 Å². The molecule has 2 rings (SSSR count). The van der Waals surface area contributed by atoms with E-state index in [2.05, 4.69) is 4.90 Å². The standard InChI is InChI=1S/C13H24N2O2/c1-14(12-4-5-12)13(17)10-15-7-2-3-11(9-15)6-8-16/h11-12,16H,2-10H2,1H3. The molecule has 0 spiro atoms. The van der Waals surface area contributed by atoms with E-state index >= 15 is 0 Å². The van der Waals surface area contributed by atoms with Crippen molar-refractivity contribution in [1.82, 2.24) is 9.80 Å². The third kappa shape index (κ3) is 3.68. The van der Waals surface area contributed by atoms with Crippen LogP contribution in [0.3, 0.4) is 0 Å². The van der Waals surface area contributed by atoms with E-state index in [1.807, 2.05) is 11.9 Å². The molecule has 1 aliphatic heterocycles. The zero-order valence-electron chi connectivity index (χ0n) is 10.8. The summed E-state index contributed by atoms with van der Waals surface area (Å²) in [5.41, 5.74) is 0. The summed E-state index contributed by atoms with van der Waals surface area (Å²) in [5.74, 6) is 0.838. The first-order chi connectivity index (χ1) is 8.20. The van der Waals surface area contributed by atoms with E-state index in [1.54, 1.807) is 0 Å². The molecular formula is C13H24N2O2. The number of likely N-dealkylation sites (tertiary alicyclic amines) is 1. The molecule has 4 nitrogen and oxygen atoms in total. The van der Waals surface area contributed by atoms with Gasteiger partial charge in [-0.2, -0.15) is 0 Å². The number of nitrogens with zero attached hydrogens (tertiary/aromatic N) is 2. The molecule has 1 saturated heterocycles. The van der Waals surface area contributed by atoms with Crippen LogP contribution >= 0.6 is 0 Å². The average Bonchev–Trinajstić information content (AvgIpc) is 3.13. The lowest BCUT2D eigenvalue weighted by Crippen LogP contribution is -2.43. The molecule has 0 aromatic heterocycles. The Labute approximate surface area is 104 Å². The van der Waals surface area contributed by atoms with E-state index in [0.29, 0.717) is 18.5 Å². The number of hydrogen-bond donors (Lipinski definition) is 1. The van der Waals surface area contributed by atoms with Crippen LogP contribution in [0.5, 0.6) is 0 Å². The fourth-order valence-electron chi connectivity index (χ4n) is 2.68. The number of rotatable bonds is 5. The molecule has 1 heterocycles. The minimum Gasteiger partial charge on any atom is -0.396 e. The number of carbonyl (C=O) groups is 1. The van der Waals surface area contributed by atoms with E-state index in [4.69, 9.17) is 5.11 Å². The molecule has 1 aliphatic carbocycles. The van der Waals surface area contributed by atoms with Gasteiger partial charge in [0.1, 0.15) is 0 Å². The van der Waals surface area contributed by atoms with Crippen LogP contribution in [0.15, 0.2) is 0 Å². The highest BCUT2D eigenvalue weighted by atomic mass is 16.3. The highest BCUT2D eigenvalue weighted by molar-refractivity contribution is 5.78. The number of aliphatic hydroxyl groups excluding tert-OH is 1. The lowest BCUT2D eigenvalue weighted by atomic mass is 9.95. The molecule has 1 N–H and O–H groups in total. The molecular weight excluding hydrogens is 216 g/mol. The summed E-state index contributed by atoms with van der Waals surface area (Å²) in [6.45, 7) is 2.85. The molecule has 2 aliphatic rings. The fourth-order valence-corrected chi connectivity index (χ4v) is 2.68. The molecule has 98 valence electrons. The number of hydrogen-bond acceptors (Lipinski definition) is 3. The molecule has 17 heavy (non-hydrogen) atoms.